The molecule has 90 valence electrons. The van der Waals surface area contributed by atoms with Gasteiger partial charge in [-0.05, 0) is 18.6 Å². The van der Waals surface area contributed by atoms with Crippen LogP contribution in [-0.2, 0) is 4.79 Å². The fourth-order valence-corrected chi connectivity index (χ4v) is 1.53. The molecule has 0 unspecified atom stereocenters. The van der Waals surface area contributed by atoms with Crippen LogP contribution in [0.25, 0.3) is 0 Å². The van der Waals surface area contributed by atoms with Gasteiger partial charge in [-0.25, -0.2) is 0 Å². The van der Waals surface area contributed by atoms with E-state index < -0.39 is 0 Å². The Morgan fingerprint density at radius 3 is 2.65 bits per heavy atom. The SMILES string of the molecule is N#CCCN(C(=O)CCCO)c1ccccc1. The summed E-state index contributed by atoms with van der Waals surface area (Å²) in [6.45, 7) is 0.400. The molecule has 0 saturated carbocycles. The summed E-state index contributed by atoms with van der Waals surface area (Å²) in [6.07, 6.45) is 1.06. The Labute approximate surface area is 101 Å². The predicted octanol–water partition coefficient (Wildman–Crippen LogP) is 1.71. The summed E-state index contributed by atoms with van der Waals surface area (Å²) in [5, 5.41) is 17.3. The molecule has 17 heavy (non-hydrogen) atoms. The van der Waals surface area contributed by atoms with E-state index in [1.54, 1.807) is 4.90 Å². The van der Waals surface area contributed by atoms with Crippen LogP contribution in [-0.4, -0.2) is 24.2 Å². The van der Waals surface area contributed by atoms with E-state index in [-0.39, 0.29) is 12.5 Å². The van der Waals surface area contributed by atoms with Gasteiger partial charge in [0.25, 0.3) is 0 Å². The van der Waals surface area contributed by atoms with Gasteiger partial charge in [0.15, 0.2) is 0 Å². The summed E-state index contributed by atoms with van der Waals surface area (Å²) in [4.78, 5) is 13.5. The van der Waals surface area contributed by atoms with Gasteiger partial charge in [-0.2, -0.15) is 5.26 Å². The minimum atomic E-state index is -0.0551. The Bertz CT molecular complexity index is 384. The Kier molecular flexibility index (Phi) is 5.76. The van der Waals surface area contributed by atoms with E-state index in [9.17, 15) is 4.79 Å². The minimum Gasteiger partial charge on any atom is -0.396 e. The average Bonchev–Trinajstić information content (AvgIpc) is 2.38. The summed E-state index contributed by atoms with van der Waals surface area (Å²) in [6, 6.07) is 11.3. The summed E-state index contributed by atoms with van der Waals surface area (Å²) >= 11 is 0. The van der Waals surface area contributed by atoms with Crippen molar-refractivity contribution in [1.29, 1.82) is 5.26 Å². The van der Waals surface area contributed by atoms with Crippen LogP contribution in [0.2, 0.25) is 0 Å². The molecule has 0 spiro atoms. The molecule has 1 aromatic rings. The molecular formula is C13H16N2O2. The van der Waals surface area contributed by atoms with Crippen molar-refractivity contribution in [3.63, 3.8) is 0 Å². The van der Waals surface area contributed by atoms with Crippen molar-refractivity contribution in [3.05, 3.63) is 30.3 Å². The second-order valence-corrected chi connectivity index (χ2v) is 3.62. The average molecular weight is 232 g/mol. The first-order chi connectivity index (χ1) is 8.29. The van der Waals surface area contributed by atoms with Crippen LogP contribution in [0.5, 0.6) is 0 Å². The lowest BCUT2D eigenvalue weighted by molar-refractivity contribution is -0.118. The quantitative estimate of drug-likeness (QED) is 0.812. The van der Waals surface area contributed by atoms with Gasteiger partial charge in [0.2, 0.25) is 5.91 Å². The number of nitrogens with zero attached hydrogens (tertiary/aromatic N) is 2. The lowest BCUT2D eigenvalue weighted by atomic mass is 10.2. The zero-order valence-corrected chi connectivity index (χ0v) is 9.67. The fourth-order valence-electron chi connectivity index (χ4n) is 1.53. The zero-order chi connectivity index (χ0) is 12.5. The highest BCUT2D eigenvalue weighted by Gasteiger charge is 2.14. The van der Waals surface area contributed by atoms with Crippen LogP contribution < -0.4 is 4.90 Å². The number of carbonyl (C=O) groups excluding carboxylic acids is 1. The van der Waals surface area contributed by atoms with Crippen LogP contribution in [0, 0.1) is 11.3 Å². The van der Waals surface area contributed by atoms with Gasteiger partial charge in [-0.15, -0.1) is 0 Å². The number of hydrogen-bond acceptors (Lipinski definition) is 3. The number of nitriles is 1. The second kappa shape index (κ2) is 7.42. The summed E-state index contributed by atoms with van der Waals surface area (Å²) in [5.41, 5.74) is 0.797. The molecule has 0 saturated heterocycles. The molecule has 0 aliphatic heterocycles. The molecular weight excluding hydrogens is 216 g/mol. The van der Waals surface area contributed by atoms with Crippen molar-refractivity contribution in [3.8, 4) is 6.07 Å². The van der Waals surface area contributed by atoms with Gasteiger partial charge >= 0.3 is 0 Å². The predicted molar refractivity (Wildman–Crippen MR) is 65.3 cm³/mol. The van der Waals surface area contributed by atoms with Gasteiger partial charge in [0.1, 0.15) is 0 Å². The van der Waals surface area contributed by atoms with Gasteiger partial charge in [-0.3, -0.25) is 4.79 Å². The van der Waals surface area contributed by atoms with Crippen molar-refractivity contribution in [1.82, 2.24) is 0 Å². The molecule has 4 nitrogen and oxygen atoms in total. The van der Waals surface area contributed by atoms with Crippen LogP contribution in [0.4, 0.5) is 5.69 Å². The standard InChI is InChI=1S/C13H16N2O2/c14-9-5-10-15(13(17)8-4-11-16)12-6-2-1-3-7-12/h1-3,6-7,16H,4-5,8,10-11H2. The zero-order valence-electron chi connectivity index (χ0n) is 9.67. The number of benzene rings is 1. The van der Waals surface area contributed by atoms with E-state index in [0.717, 1.165) is 5.69 Å². The normalized spacial score (nSPS) is 9.65. The largest absolute Gasteiger partial charge is 0.396 e. The highest BCUT2D eigenvalue weighted by Crippen LogP contribution is 2.15. The van der Waals surface area contributed by atoms with Crippen molar-refractivity contribution in [2.24, 2.45) is 0 Å². The van der Waals surface area contributed by atoms with Crippen LogP contribution in [0.1, 0.15) is 19.3 Å². The van der Waals surface area contributed by atoms with Crippen LogP contribution in [0.15, 0.2) is 30.3 Å². The molecule has 0 fully saturated rings. The van der Waals surface area contributed by atoms with Crippen LogP contribution >= 0.6 is 0 Å². The molecule has 0 heterocycles. The van der Waals surface area contributed by atoms with Gasteiger partial charge in [0, 0.05) is 25.3 Å². The van der Waals surface area contributed by atoms with Gasteiger partial charge in [-0.1, -0.05) is 18.2 Å². The molecule has 0 aromatic heterocycles. The Morgan fingerprint density at radius 2 is 2.06 bits per heavy atom. The molecule has 0 aliphatic carbocycles. The maximum Gasteiger partial charge on any atom is 0.227 e. The molecule has 1 aromatic carbocycles. The minimum absolute atomic E-state index is 0.00657. The molecule has 0 aliphatic rings. The van der Waals surface area contributed by atoms with Crippen molar-refractivity contribution < 1.29 is 9.90 Å². The summed E-state index contributed by atoms with van der Waals surface area (Å²) in [5.74, 6) is -0.0551. The van der Waals surface area contributed by atoms with E-state index in [0.29, 0.717) is 25.8 Å². The number of rotatable bonds is 6. The first-order valence-electron chi connectivity index (χ1n) is 5.63. The maximum atomic E-state index is 11.9. The monoisotopic (exact) mass is 232 g/mol. The number of amides is 1. The number of anilines is 1. The fraction of sp³-hybridized carbons (Fsp3) is 0.385. The first-order valence-corrected chi connectivity index (χ1v) is 5.63. The molecule has 0 atom stereocenters. The summed E-state index contributed by atoms with van der Waals surface area (Å²) in [7, 11) is 0. The summed E-state index contributed by atoms with van der Waals surface area (Å²) < 4.78 is 0. The lowest BCUT2D eigenvalue weighted by Crippen LogP contribution is -2.31. The molecule has 1 N–H and O–H groups in total. The maximum absolute atomic E-state index is 11.9. The van der Waals surface area contributed by atoms with Crippen molar-refractivity contribution in [2.75, 3.05) is 18.1 Å². The molecule has 0 bridgehead atoms. The number of para-hydroxylation sites is 1. The number of hydrogen-bond donors (Lipinski definition) is 1. The van der Waals surface area contributed by atoms with Gasteiger partial charge < -0.3 is 10.0 Å². The molecule has 1 rings (SSSR count). The molecule has 4 heteroatoms. The highest BCUT2D eigenvalue weighted by molar-refractivity contribution is 5.93. The molecule has 0 radical (unpaired) electrons. The van der Waals surface area contributed by atoms with Crippen molar-refractivity contribution >= 4 is 11.6 Å². The number of carbonyl (C=O) groups is 1. The Morgan fingerprint density at radius 1 is 1.35 bits per heavy atom. The van der Waals surface area contributed by atoms with E-state index in [2.05, 4.69) is 0 Å². The third-order valence-corrected chi connectivity index (χ3v) is 2.36. The Hall–Kier alpha value is -1.86. The third-order valence-electron chi connectivity index (χ3n) is 2.36. The smallest absolute Gasteiger partial charge is 0.227 e. The van der Waals surface area contributed by atoms with Crippen molar-refractivity contribution in [2.45, 2.75) is 19.3 Å². The lowest BCUT2D eigenvalue weighted by Gasteiger charge is -2.21. The topological polar surface area (TPSA) is 64.3 Å². The Balaban J connectivity index is 2.74. The molecule has 1 amide bonds. The van der Waals surface area contributed by atoms with E-state index >= 15 is 0 Å². The van der Waals surface area contributed by atoms with Gasteiger partial charge in [0.05, 0.1) is 12.5 Å². The number of aliphatic hydroxyl groups is 1. The van der Waals surface area contributed by atoms with Crippen LogP contribution in [0.3, 0.4) is 0 Å². The van der Waals surface area contributed by atoms with E-state index in [4.69, 9.17) is 10.4 Å². The highest BCUT2D eigenvalue weighted by atomic mass is 16.3. The second-order valence-electron chi connectivity index (χ2n) is 3.62. The van der Waals surface area contributed by atoms with E-state index in [1.807, 2.05) is 36.4 Å². The first kappa shape index (κ1) is 13.2. The van der Waals surface area contributed by atoms with E-state index in [1.165, 1.54) is 0 Å². The number of aliphatic hydroxyl groups excluding tert-OH is 1. The third kappa shape index (κ3) is 4.25.